The number of halogens is 1. The molecule has 0 bridgehead atoms. The fraction of sp³-hybridized carbons (Fsp3) is 0.462. The van der Waals surface area contributed by atoms with E-state index >= 15 is 0 Å². The molecule has 1 aromatic carbocycles. The van der Waals surface area contributed by atoms with Crippen LogP contribution in [0.3, 0.4) is 0 Å². The molecule has 0 radical (unpaired) electrons. The van der Waals surface area contributed by atoms with Crippen LogP contribution in [-0.2, 0) is 16.0 Å². The third kappa shape index (κ3) is 4.91. The minimum absolute atomic E-state index is 0.151. The highest BCUT2D eigenvalue weighted by Gasteiger charge is 2.01. The lowest BCUT2D eigenvalue weighted by Crippen LogP contribution is -2.03. The van der Waals surface area contributed by atoms with Crippen LogP contribution in [0.1, 0.15) is 31.7 Å². The van der Waals surface area contributed by atoms with E-state index in [9.17, 15) is 9.18 Å². The Bertz CT molecular complexity index is 336. The van der Waals surface area contributed by atoms with Gasteiger partial charge in [0.05, 0.1) is 6.61 Å². The predicted molar refractivity (Wildman–Crippen MR) is 60.6 cm³/mol. The van der Waals surface area contributed by atoms with E-state index in [-0.39, 0.29) is 11.8 Å². The minimum atomic E-state index is -0.206. The molecule has 0 amide bonds. The van der Waals surface area contributed by atoms with Gasteiger partial charge >= 0.3 is 5.97 Å². The normalized spacial score (nSPS) is 10.1. The largest absolute Gasteiger partial charge is 0.466 e. The quantitative estimate of drug-likeness (QED) is 0.548. The molecule has 0 fully saturated rings. The van der Waals surface area contributed by atoms with Crippen LogP contribution in [0.4, 0.5) is 4.39 Å². The van der Waals surface area contributed by atoms with Gasteiger partial charge in [-0.3, -0.25) is 4.79 Å². The molecule has 3 heteroatoms. The van der Waals surface area contributed by atoms with E-state index in [4.69, 9.17) is 4.74 Å². The van der Waals surface area contributed by atoms with Gasteiger partial charge in [-0.15, -0.1) is 0 Å². The summed E-state index contributed by atoms with van der Waals surface area (Å²) in [6.45, 7) is 2.23. The maximum Gasteiger partial charge on any atom is 0.305 e. The second-order valence-electron chi connectivity index (χ2n) is 3.64. The zero-order valence-electron chi connectivity index (χ0n) is 9.54. The molecule has 0 aliphatic rings. The molecule has 88 valence electrons. The monoisotopic (exact) mass is 224 g/mol. The first-order valence-corrected chi connectivity index (χ1v) is 5.62. The molecule has 1 aromatic rings. The van der Waals surface area contributed by atoms with Gasteiger partial charge in [0.25, 0.3) is 0 Å². The number of carbonyl (C=O) groups excluding carboxylic acids is 1. The van der Waals surface area contributed by atoms with Crippen molar-refractivity contribution in [2.45, 2.75) is 32.6 Å². The lowest BCUT2D eigenvalue weighted by molar-refractivity contribution is -0.143. The number of rotatable bonds is 6. The molecule has 0 aliphatic heterocycles. The molecule has 0 atom stereocenters. The molecule has 0 saturated carbocycles. The smallest absolute Gasteiger partial charge is 0.305 e. The van der Waals surface area contributed by atoms with Crippen molar-refractivity contribution in [2.24, 2.45) is 0 Å². The van der Waals surface area contributed by atoms with Crippen LogP contribution in [0.2, 0.25) is 0 Å². The van der Waals surface area contributed by atoms with Crippen molar-refractivity contribution in [1.82, 2.24) is 0 Å². The van der Waals surface area contributed by atoms with Gasteiger partial charge in [-0.1, -0.05) is 12.1 Å². The fourth-order valence-corrected chi connectivity index (χ4v) is 1.52. The van der Waals surface area contributed by atoms with Crippen LogP contribution in [0.25, 0.3) is 0 Å². The fourth-order valence-electron chi connectivity index (χ4n) is 1.52. The average molecular weight is 224 g/mol. The molecular weight excluding hydrogens is 207 g/mol. The minimum Gasteiger partial charge on any atom is -0.466 e. The summed E-state index contributed by atoms with van der Waals surface area (Å²) < 4.78 is 17.6. The highest BCUT2D eigenvalue weighted by molar-refractivity contribution is 5.69. The lowest BCUT2D eigenvalue weighted by atomic mass is 10.1. The van der Waals surface area contributed by atoms with E-state index < -0.39 is 0 Å². The zero-order valence-corrected chi connectivity index (χ0v) is 9.54. The van der Waals surface area contributed by atoms with Crippen molar-refractivity contribution in [3.05, 3.63) is 35.6 Å². The summed E-state index contributed by atoms with van der Waals surface area (Å²) in [4.78, 5) is 11.0. The molecule has 0 aromatic heterocycles. The summed E-state index contributed by atoms with van der Waals surface area (Å²) in [7, 11) is 0. The van der Waals surface area contributed by atoms with E-state index in [0.29, 0.717) is 13.0 Å². The van der Waals surface area contributed by atoms with Gasteiger partial charge in [0.15, 0.2) is 0 Å². The van der Waals surface area contributed by atoms with Gasteiger partial charge in [0.2, 0.25) is 0 Å². The average Bonchev–Trinajstić information content (AvgIpc) is 2.25. The molecular formula is C13H17FO2. The Balaban J connectivity index is 2.18. The summed E-state index contributed by atoms with van der Waals surface area (Å²) in [6, 6.07) is 6.57. The Morgan fingerprint density at radius 1 is 1.38 bits per heavy atom. The van der Waals surface area contributed by atoms with Gasteiger partial charge in [-0.2, -0.15) is 0 Å². The second kappa shape index (κ2) is 6.99. The van der Waals surface area contributed by atoms with Crippen LogP contribution >= 0.6 is 0 Å². The van der Waals surface area contributed by atoms with E-state index in [0.717, 1.165) is 24.8 Å². The van der Waals surface area contributed by atoms with Crippen molar-refractivity contribution >= 4 is 5.97 Å². The van der Waals surface area contributed by atoms with Crippen LogP contribution in [0.15, 0.2) is 24.3 Å². The molecule has 2 nitrogen and oxygen atoms in total. The molecule has 0 N–H and O–H groups in total. The number of benzene rings is 1. The molecule has 0 heterocycles. The highest BCUT2D eigenvalue weighted by atomic mass is 19.1. The third-order valence-corrected chi connectivity index (χ3v) is 2.29. The van der Waals surface area contributed by atoms with Crippen molar-refractivity contribution in [3.8, 4) is 0 Å². The maximum absolute atomic E-state index is 12.8. The molecule has 0 saturated heterocycles. The molecule has 0 spiro atoms. The van der Waals surface area contributed by atoms with Gasteiger partial charge in [0.1, 0.15) is 5.82 Å². The maximum atomic E-state index is 12.8. The van der Waals surface area contributed by atoms with E-state index in [2.05, 4.69) is 0 Å². The number of ether oxygens (including phenoxy) is 1. The van der Waals surface area contributed by atoms with E-state index in [1.807, 2.05) is 6.07 Å². The number of aryl methyl sites for hydroxylation is 1. The van der Waals surface area contributed by atoms with Crippen LogP contribution in [0.5, 0.6) is 0 Å². The number of unbranched alkanes of at least 4 members (excludes halogenated alkanes) is 1. The lowest BCUT2D eigenvalue weighted by Gasteiger charge is -2.02. The van der Waals surface area contributed by atoms with Gasteiger partial charge in [-0.05, 0) is 43.9 Å². The van der Waals surface area contributed by atoms with Crippen molar-refractivity contribution in [3.63, 3.8) is 0 Å². The van der Waals surface area contributed by atoms with Crippen molar-refractivity contribution in [1.29, 1.82) is 0 Å². The molecule has 0 aliphatic carbocycles. The van der Waals surface area contributed by atoms with Gasteiger partial charge in [-0.25, -0.2) is 4.39 Å². The highest BCUT2D eigenvalue weighted by Crippen LogP contribution is 2.08. The van der Waals surface area contributed by atoms with E-state index in [1.54, 1.807) is 13.0 Å². The van der Waals surface area contributed by atoms with Crippen molar-refractivity contribution < 1.29 is 13.9 Å². The van der Waals surface area contributed by atoms with Crippen LogP contribution in [0, 0.1) is 5.82 Å². The number of hydrogen-bond acceptors (Lipinski definition) is 2. The summed E-state index contributed by atoms with van der Waals surface area (Å²) >= 11 is 0. The van der Waals surface area contributed by atoms with Gasteiger partial charge in [0, 0.05) is 6.42 Å². The summed E-state index contributed by atoms with van der Waals surface area (Å²) in [5.41, 5.74) is 0.976. The van der Waals surface area contributed by atoms with Gasteiger partial charge < -0.3 is 4.74 Å². The SMILES string of the molecule is CCOC(=O)CCCCc1cccc(F)c1. The predicted octanol–water partition coefficient (Wildman–Crippen LogP) is 3.10. The third-order valence-electron chi connectivity index (χ3n) is 2.29. The first-order valence-electron chi connectivity index (χ1n) is 5.62. The summed E-state index contributed by atoms with van der Waals surface area (Å²) in [5.74, 6) is -0.357. The molecule has 1 rings (SSSR count). The first-order chi connectivity index (χ1) is 7.72. The second-order valence-corrected chi connectivity index (χ2v) is 3.64. The number of hydrogen-bond donors (Lipinski definition) is 0. The zero-order chi connectivity index (χ0) is 11.8. The Morgan fingerprint density at radius 3 is 2.88 bits per heavy atom. The topological polar surface area (TPSA) is 26.3 Å². The Labute approximate surface area is 95.4 Å². The van der Waals surface area contributed by atoms with E-state index in [1.165, 1.54) is 12.1 Å². The Morgan fingerprint density at radius 2 is 2.19 bits per heavy atom. The Hall–Kier alpha value is -1.38. The number of esters is 1. The number of carbonyl (C=O) groups is 1. The first kappa shape index (κ1) is 12.7. The molecule has 16 heavy (non-hydrogen) atoms. The standard InChI is InChI=1S/C13H17FO2/c1-2-16-13(15)9-4-3-6-11-7-5-8-12(14)10-11/h5,7-8,10H,2-4,6,9H2,1H3. The Kier molecular flexibility index (Phi) is 5.54. The summed E-state index contributed by atoms with van der Waals surface area (Å²) in [5, 5.41) is 0. The van der Waals surface area contributed by atoms with Crippen molar-refractivity contribution in [2.75, 3.05) is 6.61 Å². The summed E-state index contributed by atoms with van der Waals surface area (Å²) in [6.07, 6.45) is 2.91. The molecule has 0 unspecified atom stereocenters. The van der Waals surface area contributed by atoms with Crippen LogP contribution in [-0.4, -0.2) is 12.6 Å². The van der Waals surface area contributed by atoms with Crippen LogP contribution < -0.4 is 0 Å².